The van der Waals surface area contributed by atoms with E-state index in [9.17, 15) is 0 Å². The Hall–Kier alpha value is -7.56. The van der Waals surface area contributed by atoms with Crippen molar-refractivity contribution in [2.45, 2.75) is 0 Å². The monoisotopic (exact) mass is 714 g/mol. The smallest absolute Gasteiger partial charge is 0.160 e. The Bertz CT molecular complexity index is 3160. The highest BCUT2D eigenvalue weighted by Gasteiger charge is 2.21. The molecular formula is C52H34N4. The van der Waals surface area contributed by atoms with Crippen LogP contribution < -0.4 is 0 Å². The highest BCUT2D eigenvalue weighted by Crippen LogP contribution is 2.43. The molecule has 0 amide bonds. The highest BCUT2D eigenvalue weighted by atomic mass is 15.0. The van der Waals surface area contributed by atoms with Gasteiger partial charge in [0.25, 0.3) is 0 Å². The van der Waals surface area contributed by atoms with Crippen LogP contribution in [0.2, 0.25) is 0 Å². The zero-order chi connectivity index (χ0) is 37.0. The van der Waals surface area contributed by atoms with E-state index in [1.165, 1.54) is 32.6 Å². The van der Waals surface area contributed by atoms with Gasteiger partial charge in [-0.05, 0) is 77.9 Å². The molecule has 0 radical (unpaired) electrons. The predicted molar refractivity (Wildman–Crippen MR) is 232 cm³/mol. The minimum absolute atomic E-state index is 0.693. The maximum atomic E-state index is 5.39. The van der Waals surface area contributed by atoms with Gasteiger partial charge < -0.3 is 9.13 Å². The summed E-state index contributed by atoms with van der Waals surface area (Å²) in [6.45, 7) is 0. The van der Waals surface area contributed by atoms with E-state index >= 15 is 0 Å². The number of hydrogen-bond acceptors (Lipinski definition) is 2. The Morgan fingerprint density at radius 1 is 0.304 bits per heavy atom. The zero-order valence-electron chi connectivity index (χ0n) is 30.4. The second kappa shape index (κ2) is 13.1. The molecule has 56 heavy (non-hydrogen) atoms. The van der Waals surface area contributed by atoms with E-state index in [4.69, 9.17) is 9.97 Å². The van der Waals surface area contributed by atoms with Gasteiger partial charge in [0.15, 0.2) is 5.82 Å². The first kappa shape index (κ1) is 31.9. The Balaban J connectivity index is 1.23. The first-order chi connectivity index (χ1) is 27.8. The Kier molecular flexibility index (Phi) is 7.46. The first-order valence-corrected chi connectivity index (χ1v) is 19.0. The lowest BCUT2D eigenvalue weighted by Gasteiger charge is -2.15. The fraction of sp³-hybridized carbons (Fsp3) is 0. The van der Waals surface area contributed by atoms with Crippen molar-refractivity contribution in [1.82, 2.24) is 19.1 Å². The van der Waals surface area contributed by atoms with E-state index in [1.54, 1.807) is 0 Å². The van der Waals surface area contributed by atoms with Crippen LogP contribution in [0.4, 0.5) is 0 Å². The van der Waals surface area contributed by atoms with Crippen molar-refractivity contribution in [3.05, 3.63) is 206 Å². The third kappa shape index (κ3) is 5.23. The van der Waals surface area contributed by atoms with E-state index in [2.05, 4.69) is 191 Å². The summed E-state index contributed by atoms with van der Waals surface area (Å²) in [5, 5.41) is 4.81. The molecule has 8 aromatic carbocycles. The molecule has 0 fully saturated rings. The number of aromatic nitrogens is 4. The summed E-state index contributed by atoms with van der Waals surface area (Å²) in [5.41, 5.74) is 14.0. The van der Waals surface area contributed by atoms with Crippen LogP contribution in [-0.4, -0.2) is 19.1 Å². The van der Waals surface area contributed by atoms with Gasteiger partial charge in [0.1, 0.15) is 0 Å². The summed E-state index contributed by atoms with van der Waals surface area (Å²) in [7, 11) is 0. The highest BCUT2D eigenvalue weighted by molar-refractivity contribution is 6.16. The molecule has 0 aliphatic rings. The number of para-hydroxylation sites is 4. The minimum atomic E-state index is 0.693. The van der Waals surface area contributed by atoms with Gasteiger partial charge >= 0.3 is 0 Å². The lowest BCUT2D eigenvalue weighted by Crippen LogP contribution is -1.99. The fourth-order valence-corrected chi connectivity index (χ4v) is 8.37. The maximum Gasteiger partial charge on any atom is 0.160 e. The van der Waals surface area contributed by atoms with Crippen molar-refractivity contribution in [2.24, 2.45) is 0 Å². The van der Waals surface area contributed by atoms with Gasteiger partial charge in [-0.3, -0.25) is 0 Å². The van der Waals surface area contributed by atoms with Crippen molar-refractivity contribution in [2.75, 3.05) is 0 Å². The van der Waals surface area contributed by atoms with Crippen molar-refractivity contribution in [3.63, 3.8) is 0 Å². The molecule has 0 unspecified atom stereocenters. The average molecular weight is 715 g/mol. The molecule has 0 N–H and O–H groups in total. The van der Waals surface area contributed by atoms with Crippen LogP contribution in [0, 0.1) is 0 Å². The summed E-state index contributed by atoms with van der Waals surface area (Å²) in [5.74, 6) is 0.693. The molecule has 0 spiro atoms. The Morgan fingerprint density at radius 3 is 1.48 bits per heavy atom. The molecule has 262 valence electrons. The van der Waals surface area contributed by atoms with Crippen LogP contribution >= 0.6 is 0 Å². The van der Waals surface area contributed by atoms with Crippen LogP contribution in [0.1, 0.15) is 0 Å². The zero-order valence-corrected chi connectivity index (χ0v) is 30.4. The largest absolute Gasteiger partial charge is 0.309 e. The van der Waals surface area contributed by atoms with E-state index in [-0.39, 0.29) is 0 Å². The normalized spacial score (nSPS) is 11.6. The second-order valence-electron chi connectivity index (χ2n) is 14.2. The molecule has 3 aromatic heterocycles. The SMILES string of the molecule is c1ccc(-c2cc(-c3cc(-c4ccc5c(c4)c4ccccc4n5-c4ccccc4)cc4c5ccccc5n(-c5ccccc5)c34)nc(-c3ccccc3)n2)cc1. The average Bonchev–Trinajstić information content (AvgIpc) is 3.80. The molecule has 0 aliphatic heterocycles. The molecule has 3 heterocycles. The van der Waals surface area contributed by atoms with Crippen molar-refractivity contribution >= 4 is 43.6 Å². The summed E-state index contributed by atoms with van der Waals surface area (Å²) < 4.78 is 4.76. The standard InChI is InChI=1S/C52H34N4/c1-5-17-35(18-6-1)46-34-47(54-52(53-46)36-19-7-2-8-20-36)45-33-38(32-44-42-26-14-16-28-49(42)56(51(44)45)40-23-11-4-12-24-40)37-29-30-50-43(31-37)41-25-13-15-27-48(41)55(50)39-21-9-3-10-22-39/h1-34H. The van der Waals surface area contributed by atoms with Crippen molar-refractivity contribution in [3.8, 4) is 56.4 Å². The predicted octanol–water partition coefficient (Wildman–Crippen LogP) is 13.3. The fourth-order valence-electron chi connectivity index (χ4n) is 8.37. The van der Waals surface area contributed by atoms with Crippen LogP contribution in [0.5, 0.6) is 0 Å². The third-order valence-corrected chi connectivity index (χ3v) is 10.9. The molecule has 4 heteroatoms. The van der Waals surface area contributed by atoms with Gasteiger partial charge in [0.2, 0.25) is 0 Å². The number of rotatable bonds is 6. The van der Waals surface area contributed by atoms with E-state index in [0.29, 0.717) is 5.82 Å². The van der Waals surface area contributed by atoms with Crippen LogP contribution in [0.25, 0.3) is 100 Å². The number of hydrogen-bond donors (Lipinski definition) is 0. The lowest BCUT2D eigenvalue weighted by molar-refractivity contribution is 1.16. The quantitative estimate of drug-likeness (QED) is 0.172. The minimum Gasteiger partial charge on any atom is -0.309 e. The lowest BCUT2D eigenvalue weighted by atomic mass is 9.96. The molecule has 11 rings (SSSR count). The molecule has 0 aliphatic carbocycles. The summed E-state index contributed by atoms with van der Waals surface area (Å²) in [6.07, 6.45) is 0. The van der Waals surface area contributed by atoms with Crippen molar-refractivity contribution < 1.29 is 0 Å². The Labute approximate surface area is 324 Å². The molecule has 0 saturated heterocycles. The van der Waals surface area contributed by atoms with Gasteiger partial charge in [-0.1, -0.05) is 140 Å². The summed E-state index contributed by atoms with van der Waals surface area (Å²) in [4.78, 5) is 10.5. The van der Waals surface area contributed by atoms with E-state index in [1.807, 2.05) is 24.3 Å². The van der Waals surface area contributed by atoms with E-state index in [0.717, 1.165) is 61.6 Å². The third-order valence-electron chi connectivity index (χ3n) is 10.9. The van der Waals surface area contributed by atoms with Gasteiger partial charge in [0.05, 0.1) is 33.5 Å². The first-order valence-electron chi connectivity index (χ1n) is 19.0. The summed E-state index contributed by atoms with van der Waals surface area (Å²) in [6, 6.07) is 73.2. The summed E-state index contributed by atoms with van der Waals surface area (Å²) >= 11 is 0. The van der Waals surface area contributed by atoms with Gasteiger partial charge in [-0.2, -0.15) is 0 Å². The van der Waals surface area contributed by atoms with Gasteiger partial charge in [-0.15, -0.1) is 0 Å². The van der Waals surface area contributed by atoms with Crippen LogP contribution in [0.15, 0.2) is 206 Å². The molecule has 0 bridgehead atoms. The van der Waals surface area contributed by atoms with Crippen LogP contribution in [-0.2, 0) is 0 Å². The van der Waals surface area contributed by atoms with E-state index < -0.39 is 0 Å². The van der Waals surface area contributed by atoms with Gasteiger partial charge in [-0.25, -0.2) is 9.97 Å². The molecular weight excluding hydrogens is 681 g/mol. The molecule has 11 aromatic rings. The molecule has 0 saturated carbocycles. The van der Waals surface area contributed by atoms with Gasteiger partial charge in [0, 0.05) is 49.6 Å². The molecule has 4 nitrogen and oxygen atoms in total. The maximum absolute atomic E-state index is 5.39. The second-order valence-corrected chi connectivity index (χ2v) is 14.2. The number of nitrogens with zero attached hydrogens (tertiary/aromatic N) is 4. The topological polar surface area (TPSA) is 35.6 Å². The van der Waals surface area contributed by atoms with Crippen molar-refractivity contribution in [1.29, 1.82) is 0 Å². The van der Waals surface area contributed by atoms with Crippen LogP contribution in [0.3, 0.4) is 0 Å². The molecule has 0 atom stereocenters. The number of fused-ring (bicyclic) bond motifs is 6. The number of benzene rings is 8. The Morgan fingerprint density at radius 2 is 0.804 bits per heavy atom.